The summed E-state index contributed by atoms with van der Waals surface area (Å²) in [5.41, 5.74) is 2.69. The lowest BCUT2D eigenvalue weighted by atomic mass is 10.1. The lowest BCUT2D eigenvalue weighted by molar-refractivity contribution is 0.336. The van der Waals surface area contributed by atoms with Gasteiger partial charge in [-0.2, -0.15) is 0 Å². The monoisotopic (exact) mass is 222 g/mol. The van der Waals surface area contributed by atoms with Crippen molar-refractivity contribution in [3.05, 3.63) is 29.3 Å². The van der Waals surface area contributed by atoms with Crippen LogP contribution < -0.4 is 4.74 Å². The summed E-state index contributed by atoms with van der Waals surface area (Å²) in [6.45, 7) is 11.2. The third kappa shape index (κ3) is 4.69. The van der Waals surface area contributed by atoms with Crippen LogP contribution in [0.5, 0.6) is 5.75 Å². The van der Waals surface area contributed by atoms with E-state index in [2.05, 4.69) is 32.0 Å². The van der Waals surface area contributed by atoms with Crippen molar-refractivity contribution in [3.8, 4) is 5.75 Å². The Balaban J connectivity index is 0.00000106. The molecule has 0 N–H and O–H groups in total. The molecule has 1 aromatic rings. The summed E-state index contributed by atoms with van der Waals surface area (Å²) in [4.78, 5) is 0. The zero-order valence-corrected chi connectivity index (χ0v) is 11.5. The van der Waals surface area contributed by atoms with Crippen LogP contribution in [0, 0.1) is 0 Å². The molecule has 0 amide bonds. The van der Waals surface area contributed by atoms with Crippen LogP contribution in [0.1, 0.15) is 52.2 Å². The van der Waals surface area contributed by atoms with Gasteiger partial charge in [-0.3, -0.25) is 0 Å². The molecule has 1 nitrogen and oxygen atoms in total. The van der Waals surface area contributed by atoms with Crippen molar-refractivity contribution in [2.24, 2.45) is 0 Å². The third-order valence-electron chi connectivity index (χ3n) is 2.35. The van der Waals surface area contributed by atoms with Gasteiger partial charge in [-0.15, -0.1) is 0 Å². The van der Waals surface area contributed by atoms with Crippen molar-refractivity contribution in [2.45, 2.75) is 53.9 Å². The molecule has 0 atom stereocenters. The largest absolute Gasteiger partial charge is 0.494 e. The van der Waals surface area contributed by atoms with Crippen molar-refractivity contribution in [2.75, 3.05) is 6.61 Å². The summed E-state index contributed by atoms with van der Waals surface area (Å²) in [5.74, 6) is 1.07. The molecule has 0 spiro atoms. The Labute approximate surface area is 101 Å². The molecule has 0 fully saturated rings. The quantitative estimate of drug-likeness (QED) is 0.706. The predicted molar refractivity (Wildman–Crippen MR) is 72.3 cm³/mol. The van der Waals surface area contributed by atoms with E-state index in [-0.39, 0.29) is 0 Å². The molecule has 0 saturated carbocycles. The number of rotatable bonds is 5. The molecular weight excluding hydrogens is 196 g/mol. The first-order chi connectivity index (χ1) is 7.81. The van der Waals surface area contributed by atoms with Gasteiger partial charge in [0, 0.05) is 0 Å². The highest BCUT2D eigenvalue weighted by Gasteiger charge is 2.02. The SMILES string of the molecule is CC.CCCc1ccc(CC)c(OCC)c1. The van der Waals surface area contributed by atoms with E-state index in [9.17, 15) is 0 Å². The molecule has 0 aromatic heterocycles. The first-order valence-electron chi connectivity index (χ1n) is 6.56. The van der Waals surface area contributed by atoms with Gasteiger partial charge in [-0.1, -0.05) is 46.2 Å². The van der Waals surface area contributed by atoms with Crippen LogP contribution in [0.15, 0.2) is 18.2 Å². The summed E-state index contributed by atoms with van der Waals surface area (Å²) in [6.07, 6.45) is 3.38. The Hall–Kier alpha value is -0.980. The average Bonchev–Trinajstić information content (AvgIpc) is 2.33. The highest BCUT2D eigenvalue weighted by Crippen LogP contribution is 2.21. The van der Waals surface area contributed by atoms with Gasteiger partial charge in [0.1, 0.15) is 5.75 Å². The Bertz CT molecular complexity index is 279. The molecule has 0 heterocycles. The zero-order chi connectivity index (χ0) is 12.4. The Kier molecular flexibility index (Phi) is 8.69. The van der Waals surface area contributed by atoms with Crippen LogP contribution in [0.4, 0.5) is 0 Å². The second kappa shape index (κ2) is 9.26. The van der Waals surface area contributed by atoms with Crippen molar-refractivity contribution in [1.82, 2.24) is 0 Å². The Morgan fingerprint density at radius 2 is 1.75 bits per heavy atom. The fourth-order valence-corrected chi connectivity index (χ4v) is 1.63. The van der Waals surface area contributed by atoms with Gasteiger partial charge < -0.3 is 4.74 Å². The molecule has 1 heteroatoms. The second-order valence-corrected chi connectivity index (χ2v) is 3.48. The summed E-state index contributed by atoms with van der Waals surface area (Å²) in [5, 5.41) is 0. The summed E-state index contributed by atoms with van der Waals surface area (Å²) >= 11 is 0. The first-order valence-corrected chi connectivity index (χ1v) is 6.56. The van der Waals surface area contributed by atoms with E-state index in [1.54, 1.807) is 0 Å². The van der Waals surface area contributed by atoms with E-state index in [0.717, 1.165) is 25.2 Å². The molecule has 92 valence electrons. The van der Waals surface area contributed by atoms with Crippen molar-refractivity contribution in [1.29, 1.82) is 0 Å². The van der Waals surface area contributed by atoms with Crippen LogP contribution in [0.3, 0.4) is 0 Å². The number of hydrogen-bond acceptors (Lipinski definition) is 1. The molecule has 0 aliphatic rings. The van der Waals surface area contributed by atoms with Gasteiger partial charge in [-0.05, 0) is 37.0 Å². The standard InChI is InChI=1S/C13H20O.C2H6/c1-4-7-11-8-9-12(5-2)13(10-11)14-6-3;1-2/h8-10H,4-7H2,1-3H3;1-2H3. The average molecular weight is 222 g/mol. The van der Waals surface area contributed by atoms with Gasteiger partial charge in [0.2, 0.25) is 0 Å². The minimum Gasteiger partial charge on any atom is -0.494 e. The zero-order valence-electron chi connectivity index (χ0n) is 11.5. The van der Waals surface area contributed by atoms with Crippen LogP contribution in [0.25, 0.3) is 0 Å². The van der Waals surface area contributed by atoms with Crippen molar-refractivity contribution in [3.63, 3.8) is 0 Å². The maximum absolute atomic E-state index is 5.61. The minimum atomic E-state index is 0.753. The number of aryl methyl sites for hydroxylation is 2. The molecular formula is C15H26O. The summed E-state index contributed by atoms with van der Waals surface area (Å²) in [6, 6.07) is 6.59. The van der Waals surface area contributed by atoms with Gasteiger partial charge in [0.15, 0.2) is 0 Å². The Morgan fingerprint density at radius 3 is 2.25 bits per heavy atom. The lowest BCUT2D eigenvalue weighted by Crippen LogP contribution is -1.97. The van der Waals surface area contributed by atoms with Gasteiger partial charge in [-0.25, -0.2) is 0 Å². The van der Waals surface area contributed by atoms with Crippen molar-refractivity contribution >= 4 is 0 Å². The second-order valence-electron chi connectivity index (χ2n) is 3.48. The molecule has 1 rings (SSSR count). The van der Waals surface area contributed by atoms with Crippen LogP contribution in [-0.4, -0.2) is 6.61 Å². The lowest BCUT2D eigenvalue weighted by Gasteiger charge is -2.10. The van der Waals surface area contributed by atoms with Crippen molar-refractivity contribution < 1.29 is 4.74 Å². The van der Waals surface area contributed by atoms with E-state index >= 15 is 0 Å². The van der Waals surface area contributed by atoms with Gasteiger partial charge in [0.05, 0.1) is 6.61 Å². The predicted octanol–water partition coefficient (Wildman–Crippen LogP) is 4.63. The number of ether oxygens (including phenoxy) is 1. The molecule has 16 heavy (non-hydrogen) atoms. The van der Waals surface area contributed by atoms with Crippen LogP contribution in [-0.2, 0) is 12.8 Å². The first kappa shape index (κ1) is 15.0. The van der Waals surface area contributed by atoms with E-state index in [0.29, 0.717) is 0 Å². The molecule has 0 saturated heterocycles. The van der Waals surface area contributed by atoms with E-state index in [4.69, 9.17) is 4.74 Å². The molecule has 1 aromatic carbocycles. The fraction of sp³-hybridized carbons (Fsp3) is 0.600. The molecule has 0 unspecified atom stereocenters. The van der Waals surface area contributed by atoms with Gasteiger partial charge >= 0.3 is 0 Å². The number of benzene rings is 1. The Morgan fingerprint density at radius 1 is 1.06 bits per heavy atom. The molecule has 0 aliphatic heterocycles. The summed E-state index contributed by atoms with van der Waals surface area (Å²) in [7, 11) is 0. The van der Waals surface area contributed by atoms with Crippen LogP contribution >= 0.6 is 0 Å². The smallest absolute Gasteiger partial charge is 0.122 e. The molecule has 0 radical (unpaired) electrons. The molecule has 0 aliphatic carbocycles. The fourth-order valence-electron chi connectivity index (χ4n) is 1.63. The highest BCUT2D eigenvalue weighted by atomic mass is 16.5. The van der Waals surface area contributed by atoms with E-state index in [1.807, 2.05) is 20.8 Å². The third-order valence-corrected chi connectivity index (χ3v) is 2.35. The van der Waals surface area contributed by atoms with E-state index in [1.165, 1.54) is 17.5 Å². The normalized spacial score (nSPS) is 9.31. The maximum atomic E-state index is 5.61. The van der Waals surface area contributed by atoms with E-state index < -0.39 is 0 Å². The minimum absolute atomic E-state index is 0.753. The van der Waals surface area contributed by atoms with Gasteiger partial charge in [0.25, 0.3) is 0 Å². The summed E-state index contributed by atoms with van der Waals surface area (Å²) < 4.78 is 5.61. The molecule has 0 bridgehead atoms. The topological polar surface area (TPSA) is 9.23 Å². The highest BCUT2D eigenvalue weighted by molar-refractivity contribution is 5.37. The maximum Gasteiger partial charge on any atom is 0.122 e. The van der Waals surface area contributed by atoms with Crippen LogP contribution in [0.2, 0.25) is 0 Å². The number of hydrogen-bond donors (Lipinski definition) is 0.